The summed E-state index contributed by atoms with van der Waals surface area (Å²) in [5.74, 6) is 0.881. The van der Waals surface area contributed by atoms with Crippen molar-refractivity contribution in [2.75, 3.05) is 0 Å². The fourth-order valence-electron chi connectivity index (χ4n) is 3.09. The van der Waals surface area contributed by atoms with E-state index in [1.165, 1.54) is 9.36 Å². The number of benzene rings is 2. The molecule has 0 aliphatic rings. The van der Waals surface area contributed by atoms with Crippen molar-refractivity contribution in [3.63, 3.8) is 0 Å². The highest BCUT2D eigenvalue weighted by Gasteiger charge is 2.16. The molecule has 0 radical (unpaired) electrons. The van der Waals surface area contributed by atoms with Gasteiger partial charge >= 0.3 is 5.69 Å². The van der Waals surface area contributed by atoms with Crippen molar-refractivity contribution in [2.24, 2.45) is 13.0 Å². The molecule has 1 N–H and O–H groups in total. The topological polar surface area (TPSA) is 82.2 Å². The average Bonchev–Trinajstić information content (AvgIpc) is 2.99. The van der Waals surface area contributed by atoms with Gasteiger partial charge in [-0.15, -0.1) is 0 Å². The first kappa shape index (κ1) is 19.8. The lowest BCUT2D eigenvalue weighted by Crippen LogP contribution is -2.23. The highest BCUT2D eigenvalue weighted by atomic mass is 16.5. The van der Waals surface area contributed by atoms with Crippen LogP contribution in [0.2, 0.25) is 0 Å². The van der Waals surface area contributed by atoms with Crippen LogP contribution in [-0.4, -0.2) is 24.9 Å². The normalized spacial score (nSPS) is 12.4. The second-order valence-corrected chi connectivity index (χ2v) is 7.37. The summed E-state index contributed by atoms with van der Waals surface area (Å²) in [6.07, 6.45) is -0.501. The van der Waals surface area contributed by atoms with Crippen LogP contribution < -0.4 is 10.4 Å². The van der Waals surface area contributed by atoms with Crippen LogP contribution in [0.3, 0.4) is 0 Å². The molecular weight excluding hydrogens is 356 g/mol. The van der Waals surface area contributed by atoms with Gasteiger partial charge in [0.25, 0.3) is 0 Å². The largest absolute Gasteiger partial charge is 0.489 e. The monoisotopic (exact) mass is 382 g/mol. The number of ether oxygens (including phenoxy) is 1. The number of tetrazole rings is 1. The van der Waals surface area contributed by atoms with E-state index in [4.69, 9.17) is 4.74 Å². The molecule has 0 fully saturated rings. The van der Waals surface area contributed by atoms with Gasteiger partial charge < -0.3 is 9.84 Å². The molecule has 3 aromatic rings. The molecule has 0 aliphatic heterocycles. The van der Waals surface area contributed by atoms with E-state index >= 15 is 0 Å². The molecule has 1 heterocycles. The molecule has 0 amide bonds. The minimum Gasteiger partial charge on any atom is -0.489 e. The number of hydrogen-bond acceptors (Lipinski definition) is 5. The van der Waals surface area contributed by atoms with Crippen LogP contribution in [0.25, 0.3) is 5.69 Å². The average molecular weight is 382 g/mol. The Balaban J connectivity index is 1.88. The quantitative estimate of drug-likeness (QED) is 0.709. The van der Waals surface area contributed by atoms with Crippen molar-refractivity contribution >= 4 is 0 Å². The second kappa shape index (κ2) is 7.98. The Morgan fingerprint density at radius 3 is 2.46 bits per heavy atom. The van der Waals surface area contributed by atoms with Gasteiger partial charge in [-0.3, -0.25) is 0 Å². The van der Waals surface area contributed by atoms with Crippen molar-refractivity contribution < 1.29 is 9.84 Å². The predicted molar refractivity (Wildman–Crippen MR) is 107 cm³/mol. The zero-order valence-electron chi connectivity index (χ0n) is 16.9. The highest BCUT2D eigenvalue weighted by molar-refractivity contribution is 5.45. The van der Waals surface area contributed by atoms with Gasteiger partial charge in [-0.25, -0.2) is 4.79 Å². The van der Waals surface area contributed by atoms with E-state index in [2.05, 4.69) is 10.4 Å². The van der Waals surface area contributed by atoms with Gasteiger partial charge in [0.1, 0.15) is 12.4 Å². The third kappa shape index (κ3) is 3.84. The van der Waals surface area contributed by atoms with Gasteiger partial charge in [0.15, 0.2) is 0 Å². The molecular formula is C21H26N4O3. The lowest BCUT2D eigenvalue weighted by molar-refractivity contribution is 0.127. The molecule has 28 heavy (non-hydrogen) atoms. The number of aliphatic hydroxyl groups is 1. The van der Waals surface area contributed by atoms with E-state index < -0.39 is 6.10 Å². The smallest absolute Gasteiger partial charge is 0.368 e. The Morgan fingerprint density at radius 2 is 1.86 bits per heavy atom. The molecule has 2 aromatic carbocycles. The number of aromatic nitrogens is 4. The van der Waals surface area contributed by atoms with E-state index in [9.17, 15) is 9.90 Å². The Labute approximate surface area is 164 Å². The summed E-state index contributed by atoms with van der Waals surface area (Å²) in [6.45, 7) is 8.19. The Kier molecular flexibility index (Phi) is 5.65. The van der Waals surface area contributed by atoms with Gasteiger partial charge in [-0.05, 0) is 65.1 Å². The molecule has 0 bridgehead atoms. The van der Waals surface area contributed by atoms with E-state index in [1.807, 2.05) is 64.1 Å². The summed E-state index contributed by atoms with van der Waals surface area (Å²) in [5.41, 5.74) is 4.04. The van der Waals surface area contributed by atoms with E-state index in [0.29, 0.717) is 5.69 Å². The summed E-state index contributed by atoms with van der Waals surface area (Å²) in [5, 5.41) is 18.0. The molecule has 3 rings (SSSR count). The standard InChI is InChI=1S/C21H26N4O3/c1-13(2)20(26)16-9-10-19(15(4)11-16)28-12-17-14(3)7-6-8-18(17)25-21(27)24(5)22-23-25/h6-11,13,20,26H,12H2,1-5H3. The van der Waals surface area contributed by atoms with Gasteiger partial charge in [0, 0.05) is 12.6 Å². The Morgan fingerprint density at radius 1 is 1.11 bits per heavy atom. The van der Waals surface area contributed by atoms with Crippen LogP contribution in [-0.2, 0) is 13.7 Å². The van der Waals surface area contributed by atoms with Crippen LogP contribution in [0.4, 0.5) is 0 Å². The minimum atomic E-state index is -0.501. The fraction of sp³-hybridized carbons (Fsp3) is 0.381. The van der Waals surface area contributed by atoms with Gasteiger partial charge in [0.2, 0.25) is 0 Å². The molecule has 7 heteroatoms. The number of rotatable bonds is 6. The van der Waals surface area contributed by atoms with E-state index in [-0.39, 0.29) is 18.2 Å². The summed E-state index contributed by atoms with van der Waals surface area (Å²) in [7, 11) is 1.56. The third-order valence-electron chi connectivity index (χ3n) is 4.88. The first-order chi connectivity index (χ1) is 13.3. The molecule has 0 saturated carbocycles. The van der Waals surface area contributed by atoms with Crippen LogP contribution in [0.15, 0.2) is 41.2 Å². The van der Waals surface area contributed by atoms with Crippen molar-refractivity contribution in [1.82, 2.24) is 19.8 Å². The molecule has 1 atom stereocenters. The first-order valence-corrected chi connectivity index (χ1v) is 9.29. The van der Waals surface area contributed by atoms with Crippen molar-refractivity contribution in [2.45, 2.75) is 40.4 Å². The zero-order valence-corrected chi connectivity index (χ0v) is 16.9. The molecule has 0 spiro atoms. The highest BCUT2D eigenvalue weighted by Crippen LogP contribution is 2.28. The Bertz CT molecular complexity index is 1040. The van der Waals surface area contributed by atoms with Gasteiger partial charge in [0.05, 0.1) is 11.8 Å². The van der Waals surface area contributed by atoms with Gasteiger partial charge in [-0.2, -0.15) is 9.36 Å². The van der Waals surface area contributed by atoms with Crippen LogP contribution in [0.5, 0.6) is 5.75 Å². The molecule has 1 aromatic heterocycles. The molecule has 7 nitrogen and oxygen atoms in total. The molecule has 0 aliphatic carbocycles. The first-order valence-electron chi connectivity index (χ1n) is 9.29. The SMILES string of the molecule is Cc1cc(C(O)C(C)C)ccc1OCc1c(C)cccc1-n1nnn(C)c1=O. The molecule has 148 valence electrons. The minimum absolute atomic E-state index is 0.144. The number of nitrogens with zero attached hydrogens (tertiary/aromatic N) is 4. The maximum atomic E-state index is 12.3. The fourth-order valence-corrected chi connectivity index (χ4v) is 3.09. The van der Waals surface area contributed by atoms with E-state index in [1.54, 1.807) is 7.05 Å². The van der Waals surface area contributed by atoms with Crippen molar-refractivity contribution in [3.05, 3.63) is 69.1 Å². The molecule has 1 unspecified atom stereocenters. The summed E-state index contributed by atoms with van der Waals surface area (Å²) in [4.78, 5) is 12.3. The second-order valence-electron chi connectivity index (χ2n) is 7.37. The van der Waals surface area contributed by atoms with Crippen LogP contribution in [0, 0.1) is 19.8 Å². The van der Waals surface area contributed by atoms with Crippen molar-refractivity contribution in [1.29, 1.82) is 0 Å². The lowest BCUT2D eigenvalue weighted by Gasteiger charge is -2.18. The summed E-state index contributed by atoms with van der Waals surface area (Å²) in [6, 6.07) is 11.4. The maximum absolute atomic E-state index is 12.3. The van der Waals surface area contributed by atoms with Crippen molar-refractivity contribution in [3.8, 4) is 11.4 Å². The summed E-state index contributed by atoms with van der Waals surface area (Å²) >= 11 is 0. The molecule has 0 saturated heterocycles. The number of hydrogen-bond donors (Lipinski definition) is 1. The maximum Gasteiger partial charge on any atom is 0.368 e. The lowest BCUT2D eigenvalue weighted by atomic mass is 9.97. The van der Waals surface area contributed by atoms with E-state index in [0.717, 1.165) is 28.0 Å². The zero-order chi connectivity index (χ0) is 20.4. The van der Waals surface area contributed by atoms with Crippen LogP contribution >= 0.6 is 0 Å². The number of aryl methyl sites for hydroxylation is 3. The predicted octanol–water partition coefficient (Wildman–Crippen LogP) is 2.85. The van der Waals surface area contributed by atoms with Crippen LogP contribution in [0.1, 0.15) is 42.2 Å². The number of aliphatic hydroxyl groups excluding tert-OH is 1. The third-order valence-corrected chi connectivity index (χ3v) is 4.88. The summed E-state index contributed by atoms with van der Waals surface area (Å²) < 4.78 is 8.52. The van der Waals surface area contributed by atoms with Gasteiger partial charge in [-0.1, -0.05) is 32.0 Å². The Hall–Kier alpha value is -2.93.